The van der Waals surface area contributed by atoms with Crippen LogP contribution in [0.1, 0.15) is 25.8 Å². The van der Waals surface area contributed by atoms with Crippen LogP contribution in [0.4, 0.5) is 9.18 Å². The fourth-order valence-corrected chi connectivity index (χ4v) is 4.16. The maximum absolute atomic E-state index is 12.9. The molecule has 1 heterocycles. The van der Waals surface area contributed by atoms with Crippen molar-refractivity contribution in [2.24, 2.45) is 0 Å². The first kappa shape index (κ1) is 18.7. The van der Waals surface area contributed by atoms with Crippen molar-refractivity contribution in [2.45, 2.75) is 32.1 Å². The number of amides is 2. The molecule has 1 fully saturated rings. The zero-order valence-corrected chi connectivity index (χ0v) is 14.9. The SMILES string of the molecule is CC(C)NC(=O)N1CCCN(S(=O)(=O)Cc2ccc(F)cc2)CC1. The summed E-state index contributed by atoms with van der Waals surface area (Å²) in [5, 5.41) is 2.82. The van der Waals surface area contributed by atoms with Crippen LogP contribution >= 0.6 is 0 Å². The van der Waals surface area contributed by atoms with E-state index < -0.39 is 15.8 Å². The summed E-state index contributed by atoms with van der Waals surface area (Å²) >= 11 is 0. The molecule has 1 aliphatic rings. The molecule has 0 spiro atoms. The Balaban J connectivity index is 1.99. The van der Waals surface area contributed by atoms with Gasteiger partial charge in [-0.2, -0.15) is 4.31 Å². The van der Waals surface area contributed by atoms with E-state index in [-0.39, 0.29) is 24.4 Å². The van der Waals surface area contributed by atoms with Crippen molar-refractivity contribution in [1.29, 1.82) is 0 Å². The second kappa shape index (κ2) is 7.94. The van der Waals surface area contributed by atoms with Gasteiger partial charge in [0.05, 0.1) is 5.75 Å². The summed E-state index contributed by atoms with van der Waals surface area (Å²) in [5.41, 5.74) is 0.551. The molecule has 134 valence electrons. The number of carbonyl (C=O) groups excluding carboxylic acids is 1. The molecule has 1 aromatic carbocycles. The van der Waals surface area contributed by atoms with Crippen LogP contribution in [0.25, 0.3) is 0 Å². The van der Waals surface area contributed by atoms with E-state index in [9.17, 15) is 17.6 Å². The number of rotatable bonds is 4. The Bertz CT molecular complexity index is 662. The highest BCUT2D eigenvalue weighted by Crippen LogP contribution is 2.14. The summed E-state index contributed by atoms with van der Waals surface area (Å²) in [6.45, 7) is 5.32. The molecule has 8 heteroatoms. The lowest BCUT2D eigenvalue weighted by molar-refractivity contribution is 0.198. The number of hydrogen-bond donors (Lipinski definition) is 1. The van der Waals surface area contributed by atoms with Crippen LogP contribution in [0, 0.1) is 5.82 Å². The summed E-state index contributed by atoms with van der Waals surface area (Å²) in [5.74, 6) is -0.552. The first-order valence-corrected chi connectivity index (χ1v) is 9.66. The molecule has 0 atom stereocenters. The minimum absolute atomic E-state index is 0.0408. The summed E-state index contributed by atoms with van der Waals surface area (Å²) < 4.78 is 39.5. The minimum atomic E-state index is -3.49. The Morgan fingerprint density at radius 1 is 1.17 bits per heavy atom. The predicted octanol–water partition coefficient (Wildman–Crippen LogP) is 1.78. The van der Waals surface area contributed by atoms with Gasteiger partial charge in [0.2, 0.25) is 10.0 Å². The molecule has 1 aliphatic heterocycles. The summed E-state index contributed by atoms with van der Waals surface area (Å²) in [4.78, 5) is 13.7. The number of hydrogen-bond acceptors (Lipinski definition) is 3. The third-order valence-corrected chi connectivity index (χ3v) is 5.66. The number of benzene rings is 1. The summed E-state index contributed by atoms with van der Waals surface area (Å²) in [6.07, 6.45) is 0.591. The van der Waals surface area contributed by atoms with Crippen LogP contribution in [0.2, 0.25) is 0 Å². The Kier molecular flexibility index (Phi) is 6.17. The first-order valence-electron chi connectivity index (χ1n) is 8.05. The van der Waals surface area contributed by atoms with Crippen molar-refractivity contribution in [3.8, 4) is 0 Å². The topological polar surface area (TPSA) is 69.7 Å². The lowest BCUT2D eigenvalue weighted by Crippen LogP contribution is -2.44. The number of nitrogens with zero attached hydrogens (tertiary/aromatic N) is 2. The van der Waals surface area contributed by atoms with Crippen molar-refractivity contribution in [3.05, 3.63) is 35.6 Å². The van der Waals surface area contributed by atoms with E-state index in [4.69, 9.17) is 0 Å². The minimum Gasteiger partial charge on any atom is -0.336 e. The van der Waals surface area contributed by atoms with Gasteiger partial charge in [0, 0.05) is 32.2 Å². The molecule has 1 aromatic rings. The largest absolute Gasteiger partial charge is 0.336 e. The average molecular weight is 357 g/mol. The molecule has 2 rings (SSSR count). The number of halogens is 1. The maximum atomic E-state index is 12.9. The lowest BCUT2D eigenvalue weighted by atomic mass is 10.2. The van der Waals surface area contributed by atoms with Gasteiger partial charge in [-0.15, -0.1) is 0 Å². The molecule has 0 saturated carbocycles. The monoisotopic (exact) mass is 357 g/mol. The van der Waals surface area contributed by atoms with E-state index in [1.54, 1.807) is 4.90 Å². The molecule has 0 aromatic heterocycles. The van der Waals surface area contributed by atoms with Gasteiger partial charge < -0.3 is 10.2 Å². The third kappa shape index (κ3) is 5.17. The highest BCUT2D eigenvalue weighted by molar-refractivity contribution is 7.88. The first-order chi connectivity index (χ1) is 11.3. The molecule has 1 N–H and O–H groups in total. The van der Waals surface area contributed by atoms with Crippen molar-refractivity contribution in [1.82, 2.24) is 14.5 Å². The van der Waals surface area contributed by atoms with Gasteiger partial charge in [0.25, 0.3) is 0 Å². The zero-order valence-electron chi connectivity index (χ0n) is 14.0. The number of urea groups is 1. The molecular weight excluding hydrogens is 333 g/mol. The number of sulfonamides is 1. The quantitative estimate of drug-likeness (QED) is 0.893. The van der Waals surface area contributed by atoms with E-state index in [0.29, 0.717) is 31.6 Å². The number of carbonyl (C=O) groups is 1. The predicted molar refractivity (Wildman–Crippen MR) is 90.5 cm³/mol. The van der Waals surface area contributed by atoms with Gasteiger partial charge in [-0.25, -0.2) is 17.6 Å². The van der Waals surface area contributed by atoms with Gasteiger partial charge >= 0.3 is 6.03 Å². The lowest BCUT2D eigenvalue weighted by Gasteiger charge is -2.23. The van der Waals surface area contributed by atoms with E-state index in [2.05, 4.69) is 5.32 Å². The van der Waals surface area contributed by atoms with Gasteiger partial charge in [0.1, 0.15) is 5.82 Å². The van der Waals surface area contributed by atoms with Crippen LogP contribution in [0.15, 0.2) is 24.3 Å². The molecule has 0 radical (unpaired) electrons. The van der Waals surface area contributed by atoms with Gasteiger partial charge in [-0.1, -0.05) is 12.1 Å². The maximum Gasteiger partial charge on any atom is 0.317 e. The van der Waals surface area contributed by atoms with Crippen LogP contribution in [-0.2, 0) is 15.8 Å². The van der Waals surface area contributed by atoms with Crippen LogP contribution in [-0.4, -0.2) is 55.9 Å². The summed E-state index contributed by atoms with van der Waals surface area (Å²) in [6, 6.07) is 5.35. The fourth-order valence-electron chi connectivity index (χ4n) is 2.60. The third-order valence-electron chi connectivity index (χ3n) is 3.81. The van der Waals surface area contributed by atoms with E-state index in [0.717, 1.165) is 0 Å². The molecule has 0 aliphatic carbocycles. The second-order valence-electron chi connectivity index (χ2n) is 6.23. The molecule has 1 saturated heterocycles. The Labute approximate surface area is 142 Å². The van der Waals surface area contributed by atoms with Crippen molar-refractivity contribution in [2.75, 3.05) is 26.2 Å². The standard InChI is InChI=1S/C16H24FN3O3S/c1-13(2)18-16(21)19-8-3-9-20(11-10-19)24(22,23)12-14-4-6-15(17)7-5-14/h4-7,13H,3,8-12H2,1-2H3,(H,18,21). The van der Waals surface area contributed by atoms with Crippen LogP contribution < -0.4 is 5.32 Å². The van der Waals surface area contributed by atoms with Crippen LogP contribution in [0.3, 0.4) is 0 Å². The summed E-state index contributed by atoms with van der Waals surface area (Å²) in [7, 11) is -3.49. The molecule has 0 unspecified atom stereocenters. The smallest absolute Gasteiger partial charge is 0.317 e. The Morgan fingerprint density at radius 2 is 1.83 bits per heavy atom. The normalized spacial score (nSPS) is 16.9. The molecule has 6 nitrogen and oxygen atoms in total. The van der Waals surface area contributed by atoms with Crippen molar-refractivity contribution in [3.63, 3.8) is 0 Å². The van der Waals surface area contributed by atoms with Gasteiger partial charge in [-0.3, -0.25) is 0 Å². The van der Waals surface area contributed by atoms with E-state index in [1.165, 1.54) is 28.6 Å². The van der Waals surface area contributed by atoms with E-state index >= 15 is 0 Å². The van der Waals surface area contributed by atoms with Gasteiger partial charge in [-0.05, 0) is 38.0 Å². The zero-order chi connectivity index (χ0) is 17.7. The molecule has 2 amide bonds. The second-order valence-corrected chi connectivity index (χ2v) is 8.20. The van der Waals surface area contributed by atoms with Crippen molar-refractivity contribution < 1.29 is 17.6 Å². The molecular formula is C16H24FN3O3S. The average Bonchev–Trinajstić information content (AvgIpc) is 2.75. The van der Waals surface area contributed by atoms with Gasteiger partial charge in [0.15, 0.2) is 0 Å². The number of nitrogens with one attached hydrogen (secondary N) is 1. The fraction of sp³-hybridized carbons (Fsp3) is 0.562. The Hall–Kier alpha value is -1.67. The molecule has 24 heavy (non-hydrogen) atoms. The molecule has 0 bridgehead atoms. The van der Waals surface area contributed by atoms with Crippen molar-refractivity contribution >= 4 is 16.1 Å². The van der Waals surface area contributed by atoms with E-state index in [1.807, 2.05) is 13.8 Å². The van der Waals surface area contributed by atoms with Crippen LogP contribution in [0.5, 0.6) is 0 Å². The highest BCUT2D eigenvalue weighted by atomic mass is 32.2. The highest BCUT2D eigenvalue weighted by Gasteiger charge is 2.27. The Morgan fingerprint density at radius 3 is 2.46 bits per heavy atom.